The number of rotatable bonds is 2. The lowest BCUT2D eigenvalue weighted by atomic mass is 9.62. The predicted molar refractivity (Wildman–Crippen MR) is 72.4 cm³/mol. The molecule has 106 valence electrons. The third-order valence-corrected chi connectivity index (χ3v) is 8.09. The van der Waals surface area contributed by atoms with E-state index in [9.17, 15) is 5.11 Å². The van der Waals surface area contributed by atoms with Crippen molar-refractivity contribution in [2.45, 2.75) is 38.2 Å². The quantitative estimate of drug-likeness (QED) is 0.775. The number of hydrogen-bond donors (Lipinski definition) is 1. The summed E-state index contributed by atoms with van der Waals surface area (Å²) in [5.74, 6) is 8.40. The second-order valence-corrected chi connectivity index (χ2v) is 8.15. The molecule has 5 saturated carbocycles. The highest BCUT2D eigenvalue weighted by atomic mass is 16.5. The van der Waals surface area contributed by atoms with Crippen molar-refractivity contribution in [2.75, 3.05) is 13.7 Å². The first-order chi connectivity index (χ1) is 9.33. The van der Waals surface area contributed by atoms with Crippen molar-refractivity contribution in [3.8, 4) is 0 Å². The molecule has 0 saturated heterocycles. The van der Waals surface area contributed by atoms with Gasteiger partial charge in [-0.3, -0.25) is 0 Å². The fourth-order valence-electron chi connectivity index (χ4n) is 7.92. The highest BCUT2D eigenvalue weighted by Crippen LogP contribution is 2.73. The molecular weight excluding hydrogens is 236 g/mol. The molecule has 2 heteroatoms. The van der Waals surface area contributed by atoms with E-state index in [0.717, 1.165) is 47.3 Å². The van der Waals surface area contributed by atoms with E-state index in [1.807, 2.05) is 7.11 Å². The van der Waals surface area contributed by atoms with E-state index >= 15 is 0 Å². The zero-order valence-corrected chi connectivity index (χ0v) is 11.9. The number of ether oxygens (including phenoxy) is 1. The van der Waals surface area contributed by atoms with Gasteiger partial charge in [-0.15, -0.1) is 0 Å². The molecule has 0 aliphatic heterocycles. The molecule has 19 heavy (non-hydrogen) atoms. The van der Waals surface area contributed by atoms with Crippen LogP contribution in [-0.2, 0) is 4.74 Å². The molecule has 1 N–H and O–H groups in total. The third-order valence-electron chi connectivity index (χ3n) is 8.09. The van der Waals surface area contributed by atoms with E-state index in [1.165, 1.54) is 32.1 Å². The van der Waals surface area contributed by atoms with Crippen molar-refractivity contribution in [1.29, 1.82) is 0 Å². The molecule has 5 fully saturated rings. The van der Waals surface area contributed by atoms with Gasteiger partial charge in [0.1, 0.15) is 0 Å². The first-order valence-corrected chi connectivity index (χ1v) is 8.47. The van der Waals surface area contributed by atoms with Crippen molar-refractivity contribution < 1.29 is 9.84 Å². The molecule has 0 aromatic carbocycles. The summed E-state index contributed by atoms with van der Waals surface area (Å²) in [5.41, 5.74) is 0. The van der Waals surface area contributed by atoms with Gasteiger partial charge >= 0.3 is 0 Å². The van der Waals surface area contributed by atoms with Gasteiger partial charge in [-0.2, -0.15) is 0 Å². The minimum atomic E-state index is 0.455. The Labute approximate surface area is 115 Å². The average Bonchev–Trinajstić information content (AvgIpc) is 3.18. The fraction of sp³-hybridized carbons (Fsp3) is 1.00. The first kappa shape index (κ1) is 11.6. The number of fused-ring (bicyclic) bond motifs is 12. The summed E-state index contributed by atoms with van der Waals surface area (Å²) in [6, 6.07) is 0. The van der Waals surface area contributed by atoms with Crippen molar-refractivity contribution in [2.24, 2.45) is 53.3 Å². The molecule has 0 aromatic heterocycles. The molecule has 10 atom stereocenters. The van der Waals surface area contributed by atoms with Crippen LogP contribution in [0, 0.1) is 53.3 Å². The number of hydrogen-bond acceptors (Lipinski definition) is 2. The summed E-state index contributed by atoms with van der Waals surface area (Å²) in [7, 11) is 1.92. The number of methoxy groups -OCH3 is 1. The van der Waals surface area contributed by atoms with Crippen LogP contribution in [0.5, 0.6) is 0 Å². The molecular formula is C17H26O2. The summed E-state index contributed by atoms with van der Waals surface area (Å²) in [5, 5.41) is 9.67. The molecule has 5 aliphatic carbocycles. The van der Waals surface area contributed by atoms with Gasteiger partial charge in [-0.1, -0.05) is 0 Å². The number of aliphatic hydroxyl groups excluding tert-OH is 1. The Bertz CT molecular complexity index is 395. The maximum Gasteiger partial charge on any atom is 0.0605 e. The zero-order chi connectivity index (χ0) is 12.7. The second kappa shape index (κ2) is 3.76. The lowest BCUT2D eigenvalue weighted by molar-refractivity contribution is -0.0296. The van der Waals surface area contributed by atoms with Crippen molar-refractivity contribution >= 4 is 0 Å². The maximum absolute atomic E-state index is 9.67. The van der Waals surface area contributed by atoms with E-state index < -0.39 is 0 Å². The Morgan fingerprint density at radius 3 is 2.58 bits per heavy atom. The summed E-state index contributed by atoms with van der Waals surface area (Å²) in [6.45, 7) is 0.455. The lowest BCUT2D eigenvalue weighted by Crippen LogP contribution is -2.42. The molecule has 4 bridgehead atoms. The normalized spacial score (nSPS) is 64.7. The Balaban J connectivity index is 1.48. The highest BCUT2D eigenvalue weighted by molar-refractivity contribution is 5.17. The largest absolute Gasteiger partial charge is 0.396 e. The zero-order valence-electron chi connectivity index (χ0n) is 11.9. The summed E-state index contributed by atoms with van der Waals surface area (Å²) < 4.78 is 5.77. The van der Waals surface area contributed by atoms with Crippen LogP contribution >= 0.6 is 0 Å². The van der Waals surface area contributed by atoms with Crippen LogP contribution in [0.15, 0.2) is 0 Å². The lowest BCUT2D eigenvalue weighted by Gasteiger charge is -2.44. The van der Waals surface area contributed by atoms with Gasteiger partial charge < -0.3 is 9.84 Å². The SMILES string of the molecule is COC1CC2CC1C1C3CC(C4C(CO)CCC34)C21. The monoisotopic (exact) mass is 262 g/mol. The van der Waals surface area contributed by atoms with Crippen molar-refractivity contribution in [3.05, 3.63) is 0 Å². The third kappa shape index (κ3) is 1.22. The molecule has 0 amide bonds. The van der Waals surface area contributed by atoms with E-state index in [2.05, 4.69) is 0 Å². The minimum absolute atomic E-state index is 0.455. The Morgan fingerprint density at radius 2 is 1.79 bits per heavy atom. The van der Waals surface area contributed by atoms with Gasteiger partial charge in [0.2, 0.25) is 0 Å². The molecule has 0 spiro atoms. The standard InChI is InChI=1S/C17H26O2/c1-19-14-5-9-4-12(14)17-11-6-13(16(9)17)15-8(7-18)2-3-10(11)15/h8-18H,2-7H2,1H3. The van der Waals surface area contributed by atoms with Crippen LogP contribution in [0.3, 0.4) is 0 Å². The molecule has 5 rings (SSSR count). The van der Waals surface area contributed by atoms with Gasteiger partial charge in [-0.25, -0.2) is 0 Å². The van der Waals surface area contributed by atoms with Gasteiger partial charge in [-0.05, 0) is 85.4 Å². The predicted octanol–water partition coefficient (Wildman–Crippen LogP) is 2.56. The second-order valence-electron chi connectivity index (χ2n) is 8.15. The van der Waals surface area contributed by atoms with Crippen molar-refractivity contribution in [3.63, 3.8) is 0 Å². The molecule has 0 radical (unpaired) electrons. The smallest absolute Gasteiger partial charge is 0.0605 e. The molecule has 2 nitrogen and oxygen atoms in total. The Kier molecular flexibility index (Phi) is 2.29. The first-order valence-electron chi connectivity index (χ1n) is 8.47. The Morgan fingerprint density at radius 1 is 0.895 bits per heavy atom. The summed E-state index contributed by atoms with van der Waals surface area (Å²) in [4.78, 5) is 0. The van der Waals surface area contributed by atoms with Crippen LogP contribution in [0.4, 0.5) is 0 Å². The van der Waals surface area contributed by atoms with Crippen LogP contribution in [-0.4, -0.2) is 24.9 Å². The molecule has 5 aliphatic rings. The Hall–Kier alpha value is -0.0800. The molecule has 0 aromatic rings. The topological polar surface area (TPSA) is 29.5 Å². The van der Waals surface area contributed by atoms with Crippen LogP contribution < -0.4 is 0 Å². The van der Waals surface area contributed by atoms with Gasteiger partial charge in [0.05, 0.1) is 6.10 Å². The highest BCUT2D eigenvalue weighted by Gasteiger charge is 2.69. The summed E-state index contributed by atoms with van der Waals surface area (Å²) >= 11 is 0. The van der Waals surface area contributed by atoms with Crippen LogP contribution in [0.1, 0.15) is 32.1 Å². The van der Waals surface area contributed by atoms with Crippen LogP contribution in [0.2, 0.25) is 0 Å². The van der Waals surface area contributed by atoms with Gasteiger partial charge in [0, 0.05) is 13.7 Å². The average molecular weight is 262 g/mol. The molecule has 10 unspecified atom stereocenters. The van der Waals surface area contributed by atoms with E-state index in [0.29, 0.717) is 18.6 Å². The van der Waals surface area contributed by atoms with Crippen molar-refractivity contribution in [1.82, 2.24) is 0 Å². The number of aliphatic hydroxyl groups is 1. The fourth-order valence-corrected chi connectivity index (χ4v) is 7.92. The summed E-state index contributed by atoms with van der Waals surface area (Å²) in [6.07, 6.45) is 7.61. The van der Waals surface area contributed by atoms with E-state index in [-0.39, 0.29) is 0 Å². The maximum atomic E-state index is 9.67. The van der Waals surface area contributed by atoms with Crippen LogP contribution in [0.25, 0.3) is 0 Å². The van der Waals surface area contributed by atoms with Gasteiger partial charge in [0.25, 0.3) is 0 Å². The van der Waals surface area contributed by atoms with Gasteiger partial charge in [0.15, 0.2) is 0 Å². The minimum Gasteiger partial charge on any atom is -0.396 e. The van der Waals surface area contributed by atoms with E-state index in [4.69, 9.17) is 4.74 Å². The van der Waals surface area contributed by atoms with E-state index in [1.54, 1.807) is 0 Å². The molecule has 0 heterocycles.